The minimum atomic E-state index is -3.88. The van der Waals surface area contributed by atoms with Crippen LogP contribution in [0.2, 0.25) is 0 Å². The Morgan fingerprint density at radius 2 is 1.89 bits per heavy atom. The predicted octanol–water partition coefficient (Wildman–Crippen LogP) is 1.77. The molecule has 28 heavy (non-hydrogen) atoms. The zero-order valence-electron chi connectivity index (χ0n) is 14.9. The maximum absolute atomic E-state index is 13.2. The number of likely N-dealkylation sites (N-methyl/N-ethyl adjacent to an activating group) is 1. The first kappa shape index (κ1) is 18.7. The Kier molecular flexibility index (Phi) is 4.69. The lowest BCUT2D eigenvalue weighted by molar-refractivity contribution is -0.120. The average molecular weight is 407 g/mol. The zero-order valence-corrected chi connectivity index (χ0v) is 15.7. The van der Waals surface area contributed by atoms with Crippen LogP contribution in [0.4, 0.5) is 10.1 Å². The Hall–Kier alpha value is -2.69. The molecule has 0 aromatic heterocycles. The van der Waals surface area contributed by atoms with Crippen molar-refractivity contribution in [2.24, 2.45) is 0 Å². The van der Waals surface area contributed by atoms with Gasteiger partial charge < -0.3 is 14.8 Å². The molecule has 2 heterocycles. The second-order valence-corrected chi connectivity index (χ2v) is 8.31. The molecule has 10 heteroatoms. The van der Waals surface area contributed by atoms with Gasteiger partial charge in [0.1, 0.15) is 11.9 Å². The van der Waals surface area contributed by atoms with E-state index in [0.717, 1.165) is 4.31 Å². The smallest absolute Gasteiger partial charge is 0.280 e. The van der Waals surface area contributed by atoms with Gasteiger partial charge in [0.2, 0.25) is 12.7 Å². The first-order valence-electron chi connectivity index (χ1n) is 8.55. The molecule has 2 aromatic rings. The van der Waals surface area contributed by atoms with Crippen LogP contribution in [0.15, 0.2) is 42.5 Å². The molecule has 1 fully saturated rings. The molecule has 0 bridgehead atoms. The minimum absolute atomic E-state index is 0.112. The monoisotopic (exact) mass is 407 g/mol. The molecule has 2 aliphatic rings. The van der Waals surface area contributed by atoms with Gasteiger partial charge in [-0.15, -0.1) is 0 Å². The van der Waals surface area contributed by atoms with E-state index in [9.17, 15) is 17.6 Å². The summed E-state index contributed by atoms with van der Waals surface area (Å²) in [5, 5.41) is 2.72. The highest BCUT2D eigenvalue weighted by molar-refractivity contribution is 7.87. The molecular formula is C18H18FN3O5S. The Balaban J connectivity index is 1.56. The van der Waals surface area contributed by atoms with Crippen LogP contribution in [-0.2, 0) is 15.0 Å². The van der Waals surface area contributed by atoms with E-state index < -0.39 is 34.0 Å². The third-order valence-corrected chi connectivity index (χ3v) is 6.38. The van der Waals surface area contributed by atoms with Crippen LogP contribution in [0.5, 0.6) is 11.5 Å². The van der Waals surface area contributed by atoms with Gasteiger partial charge >= 0.3 is 0 Å². The molecule has 148 valence electrons. The van der Waals surface area contributed by atoms with Crippen molar-refractivity contribution in [3.63, 3.8) is 0 Å². The molecule has 0 unspecified atom stereocenters. The lowest BCUT2D eigenvalue weighted by atomic mass is 9.99. The molecule has 1 saturated heterocycles. The number of amides is 1. The number of anilines is 1. The Bertz CT molecular complexity index is 1010. The second-order valence-electron chi connectivity index (χ2n) is 6.55. The Morgan fingerprint density at radius 3 is 2.64 bits per heavy atom. The van der Waals surface area contributed by atoms with Gasteiger partial charge in [0.15, 0.2) is 11.5 Å². The second kappa shape index (κ2) is 7.04. The summed E-state index contributed by atoms with van der Waals surface area (Å²) < 4.78 is 52.2. The van der Waals surface area contributed by atoms with E-state index in [1.807, 2.05) is 0 Å². The number of hydrogen-bond donors (Lipinski definition) is 2. The van der Waals surface area contributed by atoms with Crippen LogP contribution in [-0.4, -0.2) is 38.5 Å². The van der Waals surface area contributed by atoms with Crippen molar-refractivity contribution in [3.8, 4) is 11.5 Å². The van der Waals surface area contributed by atoms with Gasteiger partial charge in [-0.2, -0.15) is 17.4 Å². The normalized spacial score (nSPS) is 23.4. The van der Waals surface area contributed by atoms with Crippen molar-refractivity contribution < 1.29 is 27.1 Å². The molecule has 0 radical (unpaired) electrons. The molecular weight excluding hydrogens is 389 g/mol. The highest BCUT2D eigenvalue weighted by Crippen LogP contribution is 2.35. The fourth-order valence-corrected chi connectivity index (χ4v) is 4.50. The number of halogens is 1. The third kappa shape index (κ3) is 3.53. The summed E-state index contributed by atoms with van der Waals surface area (Å²) in [4.78, 5) is 12.8. The van der Waals surface area contributed by atoms with Crippen LogP contribution < -0.4 is 19.5 Å². The van der Waals surface area contributed by atoms with Crippen molar-refractivity contribution in [1.29, 1.82) is 0 Å². The van der Waals surface area contributed by atoms with E-state index in [1.165, 1.54) is 31.3 Å². The van der Waals surface area contributed by atoms with E-state index in [1.54, 1.807) is 18.2 Å². The van der Waals surface area contributed by atoms with E-state index in [0.29, 0.717) is 22.7 Å². The van der Waals surface area contributed by atoms with Gasteiger partial charge in [-0.05, 0) is 36.2 Å². The molecule has 2 aliphatic heterocycles. The lowest BCUT2D eigenvalue weighted by Crippen LogP contribution is -2.55. The van der Waals surface area contributed by atoms with E-state index in [2.05, 4.69) is 10.0 Å². The third-order valence-electron chi connectivity index (χ3n) is 4.78. The van der Waals surface area contributed by atoms with Crippen molar-refractivity contribution in [3.05, 3.63) is 53.8 Å². The Morgan fingerprint density at radius 1 is 1.18 bits per heavy atom. The number of benzene rings is 2. The molecule has 2 N–H and O–H groups in total. The maximum atomic E-state index is 13.2. The van der Waals surface area contributed by atoms with E-state index in [-0.39, 0.29) is 13.2 Å². The summed E-state index contributed by atoms with van der Waals surface area (Å²) >= 11 is 0. The van der Waals surface area contributed by atoms with E-state index >= 15 is 0 Å². The van der Waals surface area contributed by atoms with Crippen LogP contribution in [0.3, 0.4) is 0 Å². The zero-order chi connectivity index (χ0) is 19.9. The number of carbonyl (C=O) groups is 1. The number of rotatable bonds is 3. The molecule has 2 atom stereocenters. The van der Waals surface area contributed by atoms with Crippen molar-refractivity contribution in [2.75, 3.05) is 19.2 Å². The summed E-state index contributed by atoms with van der Waals surface area (Å²) in [5.74, 6) is 0.194. The summed E-state index contributed by atoms with van der Waals surface area (Å²) in [6.45, 7) is 0.112. The first-order valence-corrected chi connectivity index (χ1v) is 9.99. The fourth-order valence-electron chi connectivity index (χ4n) is 3.22. The van der Waals surface area contributed by atoms with Crippen molar-refractivity contribution in [2.45, 2.75) is 18.5 Å². The fraction of sp³-hybridized carbons (Fsp3) is 0.278. The lowest BCUT2D eigenvalue weighted by Gasteiger charge is -2.36. The number of hydrogen-bond acceptors (Lipinski definition) is 5. The predicted molar refractivity (Wildman–Crippen MR) is 98.6 cm³/mol. The van der Waals surface area contributed by atoms with Gasteiger partial charge in [-0.1, -0.05) is 12.1 Å². The molecule has 1 amide bonds. The van der Waals surface area contributed by atoms with Crippen LogP contribution in [0.25, 0.3) is 0 Å². The quantitative estimate of drug-likeness (QED) is 0.808. The van der Waals surface area contributed by atoms with Crippen LogP contribution in [0, 0.1) is 5.82 Å². The molecule has 0 saturated carbocycles. The molecule has 0 spiro atoms. The van der Waals surface area contributed by atoms with Gasteiger partial charge in [0, 0.05) is 24.8 Å². The summed E-state index contributed by atoms with van der Waals surface area (Å²) in [6, 6.07) is 8.86. The van der Waals surface area contributed by atoms with Gasteiger partial charge in [0.05, 0.1) is 0 Å². The number of nitrogens with one attached hydrogen (secondary N) is 2. The molecule has 0 aliphatic carbocycles. The number of fused-ring (bicyclic) bond motifs is 1. The summed E-state index contributed by atoms with van der Waals surface area (Å²) in [5.41, 5.74) is 1.05. The number of nitrogens with zero attached hydrogens (tertiary/aromatic N) is 1. The van der Waals surface area contributed by atoms with Crippen molar-refractivity contribution in [1.82, 2.24) is 9.03 Å². The molecule has 4 rings (SSSR count). The maximum Gasteiger partial charge on any atom is 0.280 e. The molecule has 2 aromatic carbocycles. The van der Waals surface area contributed by atoms with Crippen LogP contribution in [0.1, 0.15) is 18.0 Å². The van der Waals surface area contributed by atoms with E-state index in [4.69, 9.17) is 9.47 Å². The number of carbonyl (C=O) groups excluding carboxylic acids is 1. The highest BCUT2D eigenvalue weighted by atomic mass is 32.2. The van der Waals surface area contributed by atoms with Gasteiger partial charge in [-0.3, -0.25) is 4.79 Å². The summed E-state index contributed by atoms with van der Waals surface area (Å²) in [6.07, 6.45) is 0.192. The topological polar surface area (TPSA) is 97.0 Å². The van der Waals surface area contributed by atoms with Crippen LogP contribution >= 0.6 is 0 Å². The number of ether oxygens (including phenoxy) is 2. The van der Waals surface area contributed by atoms with Gasteiger partial charge in [-0.25, -0.2) is 4.39 Å². The minimum Gasteiger partial charge on any atom is -0.454 e. The Labute approximate surface area is 161 Å². The average Bonchev–Trinajstić information content (AvgIpc) is 3.12. The SMILES string of the molecule is CN1[C@@H](C(=O)Nc2ccc3c(c2)OCO3)C[C@@H](c2ccc(F)cc2)NS1(=O)=O. The largest absolute Gasteiger partial charge is 0.454 e. The molecule has 8 nitrogen and oxygen atoms in total. The first-order chi connectivity index (χ1) is 13.3. The van der Waals surface area contributed by atoms with Gasteiger partial charge in [0.25, 0.3) is 10.2 Å². The summed E-state index contributed by atoms with van der Waals surface area (Å²) in [7, 11) is -2.54. The highest BCUT2D eigenvalue weighted by Gasteiger charge is 2.40. The standard InChI is InChI=1S/C18H18FN3O5S/c1-22-15(18(23)20-13-6-7-16-17(8-13)27-10-26-16)9-14(21-28(22,24)25)11-2-4-12(19)5-3-11/h2-8,14-15,21H,9-10H2,1H3,(H,20,23)/t14-,15+/m0/s1. The van der Waals surface area contributed by atoms with Crippen molar-refractivity contribution >= 4 is 21.8 Å².